The molecule has 0 radical (unpaired) electrons. The number of rotatable bonds is 5. The molecule has 0 aromatic heterocycles. The maximum Gasteiger partial charge on any atom is 0.0531 e. The quantitative estimate of drug-likeness (QED) is 0.755. The van der Waals surface area contributed by atoms with Gasteiger partial charge >= 0.3 is 0 Å². The van der Waals surface area contributed by atoms with Gasteiger partial charge in [-0.15, -0.1) is 0 Å². The number of hydrogen-bond acceptors (Lipinski definition) is 1. The van der Waals surface area contributed by atoms with Gasteiger partial charge in [-0.25, -0.2) is 0 Å². The van der Waals surface area contributed by atoms with E-state index >= 15 is 0 Å². The van der Waals surface area contributed by atoms with E-state index in [0.29, 0.717) is 0 Å². The second-order valence-corrected chi connectivity index (χ2v) is 4.65. The van der Waals surface area contributed by atoms with E-state index in [2.05, 4.69) is 31.0 Å². The summed E-state index contributed by atoms with van der Waals surface area (Å²) in [7, 11) is 0. The average Bonchev–Trinajstić information content (AvgIpc) is 2.23. The van der Waals surface area contributed by atoms with Crippen molar-refractivity contribution >= 4 is 11.6 Å². The van der Waals surface area contributed by atoms with Gasteiger partial charge in [-0.2, -0.15) is 0 Å². The highest BCUT2D eigenvalue weighted by atomic mass is 35.5. The third-order valence-corrected chi connectivity index (χ3v) is 3.03. The van der Waals surface area contributed by atoms with Gasteiger partial charge in [-0.05, 0) is 44.0 Å². The maximum absolute atomic E-state index is 6.14. The van der Waals surface area contributed by atoms with Gasteiger partial charge in [0.25, 0.3) is 0 Å². The van der Waals surface area contributed by atoms with Crippen LogP contribution in [0.5, 0.6) is 0 Å². The molecule has 1 rings (SSSR count). The lowest BCUT2D eigenvalue weighted by Crippen LogP contribution is -2.22. The van der Waals surface area contributed by atoms with Crippen molar-refractivity contribution in [3.63, 3.8) is 0 Å². The molecule has 2 heteroatoms. The molecule has 88 valence electrons. The molecule has 0 fully saturated rings. The molecule has 0 aliphatic rings. The fourth-order valence-corrected chi connectivity index (χ4v) is 1.84. The minimum atomic E-state index is 0.207. The second kappa shape index (κ2) is 6.07. The first-order chi connectivity index (χ1) is 7.56. The maximum atomic E-state index is 6.14. The van der Waals surface area contributed by atoms with Crippen molar-refractivity contribution in [1.29, 1.82) is 0 Å². The van der Waals surface area contributed by atoms with Gasteiger partial charge in [0.2, 0.25) is 0 Å². The van der Waals surface area contributed by atoms with Crippen molar-refractivity contribution in [2.75, 3.05) is 6.54 Å². The molecule has 1 nitrogen and oxygen atoms in total. The number of hydrogen-bond donors (Lipinski definition) is 1. The van der Waals surface area contributed by atoms with Gasteiger partial charge in [0, 0.05) is 5.02 Å². The van der Waals surface area contributed by atoms with Crippen LogP contribution in [0.3, 0.4) is 0 Å². The van der Waals surface area contributed by atoms with Gasteiger partial charge in [0.15, 0.2) is 0 Å². The molecule has 1 aromatic rings. The molecular weight excluding hydrogens is 218 g/mol. The van der Waals surface area contributed by atoms with Gasteiger partial charge in [-0.1, -0.05) is 42.8 Å². The van der Waals surface area contributed by atoms with Crippen LogP contribution in [0.2, 0.25) is 5.02 Å². The van der Waals surface area contributed by atoms with E-state index in [1.165, 1.54) is 5.56 Å². The highest BCUT2D eigenvalue weighted by molar-refractivity contribution is 6.31. The van der Waals surface area contributed by atoms with E-state index in [0.717, 1.165) is 29.1 Å². The highest BCUT2D eigenvalue weighted by Gasteiger charge is 2.11. The Hall–Kier alpha value is -0.790. The zero-order valence-corrected chi connectivity index (χ0v) is 11.1. The Morgan fingerprint density at radius 1 is 1.50 bits per heavy atom. The average molecular weight is 238 g/mol. The van der Waals surface area contributed by atoms with E-state index in [1.807, 2.05) is 19.9 Å². The van der Waals surface area contributed by atoms with Gasteiger partial charge in [0.05, 0.1) is 6.04 Å². The van der Waals surface area contributed by atoms with Crippen molar-refractivity contribution in [1.82, 2.24) is 5.32 Å². The summed E-state index contributed by atoms with van der Waals surface area (Å²) in [6.45, 7) is 11.2. The zero-order valence-electron chi connectivity index (χ0n) is 10.3. The Kier molecular flexibility index (Phi) is 5.04. The van der Waals surface area contributed by atoms with Crippen molar-refractivity contribution in [3.8, 4) is 0 Å². The molecule has 1 aromatic carbocycles. The fraction of sp³-hybridized carbons (Fsp3) is 0.429. The van der Waals surface area contributed by atoms with Gasteiger partial charge in [0.1, 0.15) is 0 Å². The van der Waals surface area contributed by atoms with Crippen LogP contribution in [0.4, 0.5) is 0 Å². The van der Waals surface area contributed by atoms with E-state index < -0.39 is 0 Å². The Labute approximate surface area is 104 Å². The Balaban J connectivity index is 2.92. The molecule has 0 bridgehead atoms. The normalized spacial score (nSPS) is 12.5. The molecule has 1 atom stereocenters. The second-order valence-electron chi connectivity index (χ2n) is 4.24. The number of halogens is 1. The summed E-state index contributed by atoms with van der Waals surface area (Å²) in [4.78, 5) is 0. The van der Waals surface area contributed by atoms with E-state index in [1.54, 1.807) is 0 Å². The molecule has 0 saturated heterocycles. The molecule has 0 heterocycles. The third kappa shape index (κ3) is 3.36. The van der Waals surface area contributed by atoms with Crippen molar-refractivity contribution in [2.24, 2.45) is 0 Å². The summed E-state index contributed by atoms with van der Waals surface area (Å²) in [6.07, 6.45) is 1.11. The fourth-order valence-electron chi connectivity index (χ4n) is 1.65. The van der Waals surface area contributed by atoms with Crippen molar-refractivity contribution in [2.45, 2.75) is 33.2 Å². The number of benzene rings is 1. The first kappa shape index (κ1) is 13.3. The van der Waals surface area contributed by atoms with Gasteiger partial charge in [-0.3, -0.25) is 0 Å². The molecule has 0 spiro atoms. The SMILES string of the molecule is C=C(C)C(NCCC)c1ccc(C)c(Cl)c1. The molecule has 0 amide bonds. The lowest BCUT2D eigenvalue weighted by molar-refractivity contribution is 0.591. The Bertz CT molecular complexity index is 371. The third-order valence-electron chi connectivity index (χ3n) is 2.62. The lowest BCUT2D eigenvalue weighted by atomic mass is 10.00. The number of nitrogens with one attached hydrogen (secondary N) is 1. The summed E-state index contributed by atoms with van der Waals surface area (Å²) < 4.78 is 0. The van der Waals surface area contributed by atoms with Crippen LogP contribution < -0.4 is 5.32 Å². The minimum Gasteiger partial charge on any atom is -0.307 e. The topological polar surface area (TPSA) is 12.0 Å². The first-order valence-electron chi connectivity index (χ1n) is 5.71. The molecule has 0 aliphatic carbocycles. The summed E-state index contributed by atoms with van der Waals surface area (Å²) in [6, 6.07) is 6.40. The van der Waals surface area contributed by atoms with Crippen LogP contribution in [-0.2, 0) is 0 Å². The summed E-state index contributed by atoms with van der Waals surface area (Å²) >= 11 is 6.14. The van der Waals surface area contributed by atoms with Crippen molar-refractivity contribution < 1.29 is 0 Å². The van der Waals surface area contributed by atoms with Gasteiger partial charge < -0.3 is 5.32 Å². The van der Waals surface area contributed by atoms with E-state index in [4.69, 9.17) is 11.6 Å². The molecule has 16 heavy (non-hydrogen) atoms. The zero-order chi connectivity index (χ0) is 12.1. The summed E-state index contributed by atoms with van der Waals surface area (Å²) in [5.74, 6) is 0. The summed E-state index contributed by atoms with van der Waals surface area (Å²) in [5.41, 5.74) is 3.42. The Morgan fingerprint density at radius 3 is 2.69 bits per heavy atom. The standard InChI is InChI=1S/C14H20ClN/c1-5-8-16-14(10(2)3)12-7-6-11(4)13(15)9-12/h6-7,9,14,16H,2,5,8H2,1,3-4H3. The predicted octanol–water partition coefficient (Wildman–Crippen LogP) is 4.27. The lowest BCUT2D eigenvalue weighted by Gasteiger charge is -2.19. The van der Waals surface area contributed by atoms with Crippen LogP contribution in [0.1, 0.15) is 37.4 Å². The monoisotopic (exact) mass is 237 g/mol. The number of aryl methyl sites for hydroxylation is 1. The molecular formula is C14H20ClN. The predicted molar refractivity (Wildman–Crippen MR) is 72.0 cm³/mol. The van der Waals surface area contributed by atoms with E-state index in [-0.39, 0.29) is 6.04 Å². The summed E-state index contributed by atoms with van der Waals surface area (Å²) in [5, 5.41) is 4.29. The molecule has 0 saturated carbocycles. The molecule has 1 N–H and O–H groups in total. The molecule has 1 unspecified atom stereocenters. The highest BCUT2D eigenvalue weighted by Crippen LogP contribution is 2.25. The van der Waals surface area contributed by atoms with E-state index in [9.17, 15) is 0 Å². The minimum absolute atomic E-state index is 0.207. The van der Waals surface area contributed by atoms with Crippen LogP contribution in [0.25, 0.3) is 0 Å². The largest absolute Gasteiger partial charge is 0.307 e. The first-order valence-corrected chi connectivity index (χ1v) is 6.09. The molecule has 0 aliphatic heterocycles. The van der Waals surface area contributed by atoms with Crippen molar-refractivity contribution in [3.05, 3.63) is 46.5 Å². The van der Waals surface area contributed by atoms with Crippen LogP contribution in [0, 0.1) is 6.92 Å². The van der Waals surface area contributed by atoms with Crippen LogP contribution in [-0.4, -0.2) is 6.54 Å². The van der Waals surface area contributed by atoms with Crippen LogP contribution in [0.15, 0.2) is 30.4 Å². The van der Waals surface area contributed by atoms with Crippen LogP contribution >= 0.6 is 11.6 Å². The smallest absolute Gasteiger partial charge is 0.0531 e. The Morgan fingerprint density at radius 2 is 2.19 bits per heavy atom.